The highest BCUT2D eigenvalue weighted by molar-refractivity contribution is 5.86. The molecule has 194 valence electrons. The normalized spacial score (nSPS) is 22.1. The van der Waals surface area contributed by atoms with E-state index in [0.717, 1.165) is 12.8 Å². The van der Waals surface area contributed by atoms with E-state index < -0.39 is 24.3 Å². The van der Waals surface area contributed by atoms with Crippen molar-refractivity contribution in [1.29, 1.82) is 0 Å². The molecule has 1 aliphatic carbocycles. The van der Waals surface area contributed by atoms with Gasteiger partial charge < -0.3 is 29.6 Å². The van der Waals surface area contributed by atoms with Crippen LogP contribution in [0, 0.1) is 10.8 Å². The highest BCUT2D eigenvalue weighted by Gasteiger charge is 2.42. The molecule has 10 heteroatoms. The zero-order valence-corrected chi connectivity index (χ0v) is 21.3. The fourth-order valence-corrected chi connectivity index (χ4v) is 4.35. The number of rotatable bonds is 12. The summed E-state index contributed by atoms with van der Waals surface area (Å²) >= 11 is 0. The number of alkyl carbamates (subject to hydrolysis) is 2. The van der Waals surface area contributed by atoms with Crippen LogP contribution in [0.25, 0.3) is 0 Å². The molecule has 1 rings (SSSR count). The molecule has 34 heavy (non-hydrogen) atoms. The quantitative estimate of drug-likeness (QED) is 0.187. The van der Waals surface area contributed by atoms with E-state index in [2.05, 4.69) is 38.0 Å². The Kier molecular flexibility index (Phi) is 11.5. The molecule has 0 aromatic rings. The largest absolute Gasteiger partial charge is 0.458 e. The minimum Gasteiger partial charge on any atom is -0.458 e. The summed E-state index contributed by atoms with van der Waals surface area (Å²) < 4.78 is 20.5. The van der Waals surface area contributed by atoms with Gasteiger partial charge in [0.25, 0.3) is 0 Å². The van der Waals surface area contributed by atoms with Crippen LogP contribution in [0.5, 0.6) is 0 Å². The number of nitrogens with one attached hydrogen (secondary N) is 2. The van der Waals surface area contributed by atoms with Crippen molar-refractivity contribution in [3.8, 4) is 0 Å². The molecule has 0 spiro atoms. The number of ketones is 1. The third-order valence-electron chi connectivity index (χ3n) is 5.30. The smallest absolute Gasteiger partial charge is 0.407 e. The van der Waals surface area contributed by atoms with E-state index >= 15 is 0 Å². The lowest BCUT2D eigenvalue weighted by Gasteiger charge is -2.46. The van der Waals surface area contributed by atoms with Crippen molar-refractivity contribution in [2.45, 2.75) is 73.0 Å². The number of carbonyl (C=O) groups excluding carboxylic acids is 4. The Bertz CT molecular complexity index is 751. The van der Waals surface area contributed by atoms with Crippen LogP contribution in [0.4, 0.5) is 9.59 Å². The molecule has 3 atom stereocenters. The fraction of sp³-hybridized carbons (Fsp3) is 0.750. The first kappa shape index (κ1) is 29.4. The molecular weight excluding hydrogens is 444 g/mol. The van der Waals surface area contributed by atoms with Gasteiger partial charge in [-0.2, -0.15) is 0 Å². The molecule has 1 aliphatic rings. The van der Waals surface area contributed by atoms with Crippen molar-refractivity contribution in [3.05, 3.63) is 12.2 Å². The van der Waals surface area contributed by atoms with Gasteiger partial charge in [0, 0.05) is 18.2 Å². The average molecular weight is 485 g/mol. The zero-order valence-electron chi connectivity index (χ0n) is 21.3. The van der Waals surface area contributed by atoms with Crippen LogP contribution in [0.3, 0.4) is 0 Å². The predicted molar refractivity (Wildman–Crippen MR) is 125 cm³/mol. The van der Waals surface area contributed by atoms with Crippen molar-refractivity contribution in [2.75, 3.05) is 33.0 Å². The maximum atomic E-state index is 12.2. The van der Waals surface area contributed by atoms with Gasteiger partial charge >= 0.3 is 18.2 Å². The van der Waals surface area contributed by atoms with Crippen molar-refractivity contribution < 1.29 is 38.1 Å². The van der Waals surface area contributed by atoms with Crippen molar-refractivity contribution in [2.24, 2.45) is 10.8 Å². The number of ether oxygens (including phenoxy) is 4. The molecule has 2 amide bonds. The number of hydrogen-bond acceptors (Lipinski definition) is 8. The number of Topliss-reactive ketones (excluding diaryl/α,β-unsaturated/α-hetero) is 1. The van der Waals surface area contributed by atoms with Gasteiger partial charge in [-0.15, -0.1) is 0 Å². The second-order valence-electron chi connectivity index (χ2n) is 10.2. The molecule has 0 heterocycles. The van der Waals surface area contributed by atoms with Gasteiger partial charge in [-0.25, -0.2) is 14.4 Å². The van der Waals surface area contributed by atoms with Crippen LogP contribution >= 0.6 is 0 Å². The average Bonchev–Trinajstić information content (AvgIpc) is 2.68. The Morgan fingerprint density at radius 3 is 2.32 bits per heavy atom. The van der Waals surface area contributed by atoms with Gasteiger partial charge in [0.15, 0.2) is 5.78 Å². The lowest BCUT2D eigenvalue weighted by molar-refractivity contribution is -0.141. The van der Waals surface area contributed by atoms with Crippen LogP contribution < -0.4 is 10.6 Å². The molecule has 0 bridgehead atoms. The van der Waals surface area contributed by atoms with E-state index in [1.54, 1.807) is 13.8 Å². The molecule has 0 aliphatic heterocycles. The summed E-state index contributed by atoms with van der Waals surface area (Å²) in [6, 6.07) is -0.127. The van der Waals surface area contributed by atoms with Crippen LogP contribution in [0.1, 0.15) is 60.8 Å². The summed E-state index contributed by atoms with van der Waals surface area (Å²) in [6.07, 6.45) is 0.521. The predicted octanol–water partition coefficient (Wildman–Crippen LogP) is 3.14. The van der Waals surface area contributed by atoms with Gasteiger partial charge in [-0.05, 0) is 50.9 Å². The van der Waals surface area contributed by atoms with Gasteiger partial charge in [-0.1, -0.05) is 27.4 Å². The third kappa shape index (κ3) is 12.0. The number of amides is 2. The van der Waals surface area contributed by atoms with Crippen LogP contribution in [-0.4, -0.2) is 69.1 Å². The SMILES string of the molecule is C=C(C)C(=O)OCC(C)OC(=O)NCC1(C)CC(NC(=O)OCCOCC(C)=O)CC(C)(C)C1. The van der Waals surface area contributed by atoms with Crippen molar-refractivity contribution >= 4 is 23.9 Å². The summed E-state index contributed by atoms with van der Waals surface area (Å²) in [5.74, 6) is -0.625. The van der Waals surface area contributed by atoms with E-state index in [-0.39, 0.29) is 54.7 Å². The van der Waals surface area contributed by atoms with Crippen LogP contribution in [0.2, 0.25) is 0 Å². The molecule has 0 saturated heterocycles. The Morgan fingerprint density at radius 2 is 1.71 bits per heavy atom. The molecule has 0 aromatic heterocycles. The van der Waals surface area contributed by atoms with Crippen molar-refractivity contribution in [1.82, 2.24) is 10.6 Å². The Balaban J connectivity index is 2.49. The molecule has 0 radical (unpaired) electrons. The summed E-state index contributed by atoms with van der Waals surface area (Å²) in [5.41, 5.74) is -0.0673. The van der Waals surface area contributed by atoms with E-state index in [4.69, 9.17) is 18.9 Å². The van der Waals surface area contributed by atoms with E-state index in [0.29, 0.717) is 13.0 Å². The van der Waals surface area contributed by atoms with Crippen LogP contribution in [0.15, 0.2) is 12.2 Å². The Hall–Kier alpha value is -2.62. The monoisotopic (exact) mass is 484 g/mol. The second-order valence-corrected chi connectivity index (χ2v) is 10.2. The summed E-state index contributed by atoms with van der Waals surface area (Å²) in [4.78, 5) is 46.7. The summed E-state index contributed by atoms with van der Waals surface area (Å²) in [6.45, 7) is 14.9. The summed E-state index contributed by atoms with van der Waals surface area (Å²) in [7, 11) is 0. The maximum Gasteiger partial charge on any atom is 0.407 e. The van der Waals surface area contributed by atoms with Gasteiger partial charge in [0.1, 0.15) is 25.9 Å². The molecule has 1 fully saturated rings. The van der Waals surface area contributed by atoms with E-state index in [1.165, 1.54) is 6.92 Å². The highest BCUT2D eigenvalue weighted by atomic mass is 16.6. The molecule has 3 unspecified atom stereocenters. The first-order valence-electron chi connectivity index (χ1n) is 11.5. The minimum absolute atomic E-state index is 0.00595. The topological polar surface area (TPSA) is 129 Å². The molecule has 2 N–H and O–H groups in total. The minimum atomic E-state index is -0.609. The Labute approximate surface area is 202 Å². The standard InChI is InChI=1S/C24H40N2O8/c1-16(2)20(28)33-13-18(4)34-21(29)25-15-24(7)11-19(10-23(5,6)14-24)26-22(30)32-9-8-31-12-17(3)27/h18-19H,1,8-15H2,2-7H3,(H,25,29)(H,26,30). The number of carbonyl (C=O) groups is 4. The first-order valence-corrected chi connectivity index (χ1v) is 11.5. The van der Waals surface area contributed by atoms with Gasteiger partial charge in [0.2, 0.25) is 0 Å². The highest BCUT2D eigenvalue weighted by Crippen LogP contribution is 2.45. The van der Waals surface area contributed by atoms with Crippen molar-refractivity contribution in [3.63, 3.8) is 0 Å². The summed E-state index contributed by atoms with van der Waals surface area (Å²) in [5, 5.41) is 5.70. The van der Waals surface area contributed by atoms with E-state index in [1.807, 2.05) is 0 Å². The maximum absolute atomic E-state index is 12.2. The molecule has 1 saturated carbocycles. The molecule has 10 nitrogen and oxygen atoms in total. The molecule has 0 aromatic carbocycles. The molecular formula is C24H40N2O8. The number of hydrogen-bond donors (Lipinski definition) is 2. The lowest BCUT2D eigenvalue weighted by atomic mass is 9.62. The third-order valence-corrected chi connectivity index (χ3v) is 5.30. The Morgan fingerprint density at radius 1 is 1.03 bits per heavy atom. The first-order chi connectivity index (χ1) is 15.7. The zero-order chi connectivity index (χ0) is 25.9. The number of esters is 1. The fourth-order valence-electron chi connectivity index (χ4n) is 4.35. The lowest BCUT2D eigenvalue weighted by Crippen LogP contribution is -2.50. The second kappa shape index (κ2) is 13.3. The van der Waals surface area contributed by atoms with Crippen LogP contribution in [-0.2, 0) is 28.5 Å². The van der Waals surface area contributed by atoms with Gasteiger partial charge in [0.05, 0.1) is 6.61 Å². The van der Waals surface area contributed by atoms with Gasteiger partial charge in [-0.3, -0.25) is 4.79 Å². The van der Waals surface area contributed by atoms with E-state index in [9.17, 15) is 19.2 Å².